The van der Waals surface area contributed by atoms with E-state index in [2.05, 4.69) is 5.32 Å². The van der Waals surface area contributed by atoms with Crippen molar-refractivity contribution in [3.63, 3.8) is 0 Å². The van der Waals surface area contributed by atoms with E-state index in [0.29, 0.717) is 5.56 Å². The Morgan fingerprint density at radius 2 is 1.85 bits per heavy atom. The first-order valence-corrected chi connectivity index (χ1v) is 6.35. The van der Waals surface area contributed by atoms with Gasteiger partial charge in [0.05, 0.1) is 5.69 Å². The van der Waals surface area contributed by atoms with Gasteiger partial charge in [-0.3, -0.25) is 5.32 Å². The lowest BCUT2D eigenvalue weighted by atomic mass is 9.86. The van der Waals surface area contributed by atoms with Crippen LogP contribution < -0.4 is 5.32 Å². The van der Waals surface area contributed by atoms with E-state index in [1.54, 1.807) is 46.8 Å². The van der Waals surface area contributed by atoms with Crippen molar-refractivity contribution in [1.82, 2.24) is 0 Å². The number of rotatable bonds is 3. The summed E-state index contributed by atoms with van der Waals surface area (Å²) in [5.41, 5.74) is -0.398. The Labute approximate surface area is 118 Å². The number of benzene rings is 1. The Bertz CT molecular complexity index is 515. The molecule has 0 aliphatic rings. The Balaban J connectivity index is 2.90. The fourth-order valence-corrected chi connectivity index (χ4v) is 1.52. The van der Waals surface area contributed by atoms with E-state index >= 15 is 0 Å². The van der Waals surface area contributed by atoms with Crippen molar-refractivity contribution in [1.29, 1.82) is 0 Å². The minimum absolute atomic E-state index is 0.108. The van der Waals surface area contributed by atoms with E-state index in [4.69, 9.17) is 4.74 Å². The van der Waals surface area contributed by atoms with Gasteiger partial charge in [0.15, 0.2) is 0 Å². The fourth-order valence-electron chi connectivity index (χ4n) is 1.52. The predicted octanol–water partition coefficient (Wildman–Crippen LogP) is 3.22. The molecule has 1 aromatic carbocycles. The van der Waals surface area contributed by atoms with Gasteiger partial charge in [-0.05, 0) is 52.3 Å². The van der Waals surface area contributed by atoms with Crippen LogP contribution in [-0.4, -0.2) is 23.1 Å². The van der Waals surface area contributed by atoms with E-state index in [1.807, 2.05) is 0 Å². The quantitative estimate of drug-likeness (QED) is 0.658. The molecule has 0 saturated heterocycles. The zero-order chi connectivity index (χ0) is 15.6. The molecule has 0 bridgehead atoms. The van der Waals surface area contributed by atoms with Gasteiger partial charge in [0.1, 0.15) is 17.6 Å². The molecule has 5 nitrogen and oxygen atoms in total. The Morgan fingerprint density at radius 1 is 1.25 bits per heavy atom. The number of phenols is 1. The second-order valence-electron chi connectivity index (χ2n) is 6.20. The highest BCUT2D eigenvalue weighted by atomic mass is 16.6. The van der Waals surface area contributed by atoms with Crippen molar-refractivity contribution in [2.45, 2.75) is 45.6 Å². The molecule has 0 saturated carbocycles. The molecule has 0 spiro atoms. The smallest absolute Gasteiger partial charge is 0.412 e. The van der Waals surface area contributed by atoms with E-state index in [0.717, 1.165) is 6.29 Å². The maximum Gasteiger partial charge on any atom is 0.412 e. The van der Waals surface area contributed by atoms with E-state index < -0.39 is 17.1 Å². The Hall–Kier alpha value is -2.04. The maximum absolute atomic E-state index is 11.6. The lowest BCUT2D eigenvalue weighted by Crippen LogP contribution is -2.27. The molecule has 0 heterocycles. The molecule has 1 amide bonds. The third-order valence-corrected chi connectivity index (χ3v) is 2.67. The largest absolute Gasteiger partial charge is 0.506 e. The van der Waals surface area contributed by atoms with Gasteiger partial charge >= 0.3 is 6.09 Å². The summed E-state index contributed by atoms with van der Waals surface area (Å²) in [6, 6.07) is 4.68. The summed E-state index contributed by atoms with van der Waals surface area (Å²) in [4.78, 5) is 22.6. The number of aldehydes is 1. The average Bonchev–Trinajstić information content (AvgIpc) is 2.29. The van der Waals surface area contributed by atoms with Crippen LogP contribution in [0.4, 0.5) is 10.5 Å². The third-order valence-electron chi connectivity index (χ3n) is 2.67. The minimum atomic E-state index is -0.693. The van der Waals surface area contributed by atoms with Crippen molar-refractivity contribution >= 4 is 18.1 Å². The van der Waals surface area contributed by atoms with E-state index in [9.17, 15) is 14.7 Å². The number of amides is 1. The van der Waals surface area contributed by atoms with Crippen LogP contribution in [0.2, 0.25) is 0 Å². The molecule has 0 unspecified atom stereocenters. The van der Waals surface area contributed by atoms with Crippen LogP contribution in [0.3, 0.4) is 0 Å². The van der Waals surface area contributed by atoms with Crippen molar-refractivity contribution in [3.05, 3.63) is 23.8 Å². The molecular weight excluding hydrogens is 258 g/mol. The van der Waals surface area contributed by atoms with Crippen LogP contribution in [0, 0.1) is 0 Å². The van der Waals surface area contributed by atoms with Gasteiger partial charge in [-0.2, -0.15) is 0 Å². The second-order valence-corrected chi connectivity index (χ2v) is 6.20. The number of phenolic OH excluding ortho intramolecular Hbond substituents is 1. The minimum Gasteiger partial charge on any atom is -0.506 e. The van der Waals surface area contributed by atoms with Gasteiger partial charge in [0, 0.05) is 5.41 Å². The number of hydrogen-bond donors (Lipinski definition) is 2. The maximum atomic E-state index is 11.6. The number of carbonyl (C=O) groups excluding carboxylic acids is 2. The highest BCUT2D eigenvalue weighted by molar-refractivity contribution is 5.87. The monoisotopic (exact) mass is 279 g/mol. The van der Waals surface area contributed by atoms with Gasteiger partial charge < -0.3 is 14.6 Å². The summed E-state index contributed by atoms with van der Waals surface area (Å²) in [6.45, 7) is 8.75. The molecule has 1 aromatic rings. The van der Waals surface area contributed by atoms with Gasteiger partial charge in [0.25, 0.3) is 0 Å². The van der Waals surface area contributed by atoms with Crippen LogP contribution in [0.5, 0.6) is 5.75 Å². The van der Waals surface area contributed by atoms with Crippen LogP contribution in [-0.2, 0) is 14.9 Å². The topological polar surface area (TPSA) is 75.6 Å². The molecular formula is C15H21NO4. The number of hydrogen-bond acceptors (Lipinski definition) is 4. The summed E-state index contributed by atoms with van der Waals surface area (Å²) in [7, 11) is 0. The lowest BCUT2D eigenvalue weighted by Gasteiger charge is -2.21. The highest BCUT2D eigenvalue weighted by Crippen LogP contribution is 2.30. The summed E-state index contributed by atoms with van der Waals surface area (Å²) in [5.74, 6) is -0.108. The predicted molar refractivity (Wildman–Crippen MR) is 77.1 cm³/mol. The normalized spacial score (nSPS) is 11.8. The number of ether oxygens (including phenoxy) is 1. The zero-order valence-electron chi connectivity index (χ0n) is 12.5. The van der Waals surface area contributed by atoms with Gasteiger partial charge in [-0.25, -0.2) is 4.79 Å². The van der Waals surface area contributed by atoms with Crippen molar-refractivity contribution in [3.8, 4) is 5.75 Å². The second kappa shape index (κ2) is 5.53. The summed E-state index contributed by atoms with van der Waals surface area (Å²) >= 11 is 0. The van der Waals surface area contributed by atoms with Crippen LogP contribution in [0.15, 0.2) is 18.2 Å². The lowest BCUT2D eigenvalue weighted by molar-refractivity contribution is -0.111. The van der Waals surface area contributed by atoms with E-state index in [1.165, 1.54) is 6.07 Å². The highest BCUT2D eigenvalue weighted by Gasteiger charge is 2.22. The molecule has 0 aliphatic heterocycles. The average molecular weight is 279 g/mol. The number of aromatic hydroxyl groups is 1. The van der Waals surface area contributed by atoms with E-state index in [-0.39, 0.29) is 11.4 Å². The first kappa shape index (κ1) is 16.0. The van der Waals surface area contributed by atoms with Crippen LogP contribution >= 0.6 is 0 Å². The number of anilines is 1. The fraction of sp³-hybridized carbons (Fsp3) is 0.467. The first-order valence-electron chi connectivity index (χ1n) is 6.35. The van der Waals surface area contributed by atoms with Gasteiger partial charge in [0.2, 0.25) is 0 Å². The molecule has 0 fully saturated rings. The van der Waals surface area contributed by atoms with Crippen molar-refractivity contribution < 1.29 is 19.4 Å². The zero-order valence-corrected chi connectivity index (χ0v) is 12.5. The molecule has 110 valence electrons. The molecule has 20 heavy (non-hydrogen) atoms. The molecule has 1 rings (SSSR count). The molecule has 0 aliphatic carbocycles. The molecule has 0 aromatic heterocycles. The number of carbonyl (C=O) groups is 2. The van der Waals surface area contributed by atoms with Crippen molar-refractivity contribution in [2.24, 2.45) is 0 Å². The first-order chi connectivity index (χ1) is 9.05. The number of nitrogens with one attached hydrogen (secondary N) is 1. The van der Waals surface area contributed by atoms with Crippen molar-refractivity contribution in [2.75, 3.05) is 5.32 Å². The van der Waals surface area contributed by atoms with Crippen LogP contribution in [0.1, 0.15) is 40.2 Å². The van der Waals surface area contributed by atoms with Gasteiger partial charge in [-0.15, -0.1) is 0 Å². The standard InChI is InChI=1S/C15H21NO4/c1-14(2,3)20-13(19)16-11-7-6-10(8-12(11)18)15(4,5)9-17/h6-9,18H,1-5H3,(H,16,19). The summed E-state index contributed by atoms with van der Waals surface area (Å²) < 4.78 is 5.10. The van der Waals surface area contributed by atoms with Crippen LogP contribution in [0.25, 0.3) is 0 Å². The molecule has 0 radical (unpaired) electrons. The molecule has 5 heteroatoms. The Kier molecular flexibility index (Phi) is 4.43. The molecule has 2 N–H and O–H groups in total. The summed E-state index contributed by atoms with van der Waals surface area (Å²) in [5, 5.41) is 12.4. The Morgan fingerprint density at radius 3 is 2.30 bits per heavy atom. The van der Waals surface area contributed by atoms with Gasteiger partial charge in [-0.1, -0.05) is 6.07 Å². The molecule has 0 atom stereocenters. The SMILES string of the molecule is CC(C)(C)OC(=O)Nc1ccc(C(C)(C)C=O)cc1O. The summed E-state index contributed by atoms with van der Waals surface area (Å²) in [6.07, 6.45) is 0.165. The third kappa shape index (κ3) is 4.26.